The molecule has 0 aliphatic carbocycles. The van der Waals surface area contributed by atoms with Crippen molar-refractivity contribution in [3.63, 3.8) is 0 Å². The Bertz CT molecular complexity index is 71.3. The molecule has 0 heterocycles. The van der Waals surface area contributed by atoms with E-state index in [2.05, 4.69) is 13.8 Å². The highest BCUT2D eigenvalue weighted by Crippen LogP contribution is 2.08. The SMILES string of the molecule is CCCCC[C@H](O)CCCC. The molecule has 0 aromatic heterocycles. The average Bonchev–Trinajstić information content (AvgIpc) is 2.01. The molecule has 0 rings (SSSR count). The first-order chi connectivity index (χ1) is 5.31. The predicted octanol–water partition coefficient (Wildman–Crippen LogP) is 3.12. The highest BCUT2D eigenvalue weighted by atomic mass is 16.3. The minimum absolute atomic E-state index is 0.0264. The van der Waals surface area contributed by atoms with Gasteiger partial charge in [0.15, 0.2) is 0 Å². The van der Waals surface area contributed by atoms with Crippen LogP contribution in [-0.2, 0) is 0 Å². The second-order valence-electron chi connectivity index (χ2n) is 3.29. The third-order valence-corrected chi connectivity index (χ3v) is 2.03. The van der Waals surface area contributed by atoms with Gasteiger partial charge in [-0.05, 0) is 12.8 Å². The van der Waals surface area contributed by atoms with Gasteiger partial charge in [0, 0.05) is 0 Å². The van der Waals surface area contributed by atoms with E-state index in [-0.39, 0.29) is 6.10 Å². The van der Waals surface area contributed by atoms with E-state index in [9.17, 15) is 5.11 Å². The van der Waals surface area contributed by atoms with Crippen LogP contribution in [0.3, 0.4) is 0 Å². The molecule has 68 valence electrons. The maximum atomic E-state index is 9.41. The van der Waals surface area contributed by atoms with Gasteiger partial charge in [-0.25, -0.2) is 0 Å². The Morgan fingerprint density at radius 1 is 0.909 bits per heavy atom. The quantitative estimate of drug-likeness (QED) is 0.564. The van der Waals surface area contributed by atoms with E-state index in [4.69, 9.17) is 0 Å². The Hall–Kier alpha value is -0.0400. The summed E-state index contributed by atoms with van der Waals surface area (Å²) in [6.07, 6.45) is 8.07. The van der Waals surface area contributed by atoms with Crippen LogP contribution in [0.25, 0.3) is 0 Å². The molecule has 1 heteroatoms. The Morgan fingerprint density at radius 3 is 2.00 bits per heavy atom. The van der Waals surface area contributed by atoms with E-state index < -0.39 is 0 Å². The van der Waals surface area contributed by atoms with Gasteiger partial charge in [-0.1, -0.05) is 46.0 Å². The van der Waals surface area contributed by atoms with Gasteiger partial charge in [-0.3, -0.25) is 0 Å². The standard InChI is InChI=1S/C10H22O/c1-3-5-7-9-10(11)8-6-4-2/h10-11H,3-9H2,1-2H3/t10-/m1/s1. The van der Waals surface area contributed by atoms with E-state index in [1.165, 1.54) is 32.1 Å². The Balaban J connectivity index is 3.02. The molecule has 0 amide bonds. The van der Waals surface area contributed by atoms with Crippen LogP contribution in [0.2, 0.25) is 0 Å². The largest absolute Gasteiger partial charge is 0.393 e. The molecule has 0 aliphatic rings. The summed E-state index contributed by atoms with van der Waals surface area (Å²) in [6, 6.07) is 0. The van der Waals surface area contributed by atoms with Crippen molar-refractivity contribution in [2.45, 2.75) is 64.9 Å². The Morgan fingerprint density at radius 2 is 1.45 bits per heavy atom. The lowest BCUT2D eigenvalue weighted by atomic mass is 10.1. The third kappa shape index (κ3) is 7.86. The number of aliphatic hydroxyl groups excluding tert-OH is 1. The molecule has 1 atom stereocenters. The van der Waals surface area contributed by atoms with Crippen LogP contribution in [0, 0.1) is 0 Å². The van der Waals surface area contributed by atoms with Gasteiger partial charge in [-0.2, -0.15) is 0 Å². The highest BCUT2D eigenvalue weighted by molar-refractivity contribution is 4.55. The summed E-state index contributed by atoms with van der Waals surface area (Å²) in [4.78, 5) is 0. The molecule has 0 fully saturated rings. The van der Waals surface area contributed by atoms with Crippen molar-refractivity contribution in [3.8, 4) is 0 Å². The lowest BCUT2D eigenvalue weighted by Crippen LogP contribution is -2.05. The van der Waals surface area contributed by atoms with Crippen molar-refractivity contribution in [1.29, 1.82) is 0 Å². The minimum atomic E-state index is -0.0264. The summed E-state index contributed by atoms with van der Waals surface area (Å²) in [5, 5.41) is 9.41. The molecular weight excluding hydrogens is 136 g/mol. The third-order valence-electron chi connectivity index (χ3n) is 2.03. The average molecular weight is 158 g/mol. The van der Waals surface area contributed by atoms with Gasteiger partial charge in [0.25, 0.3) is 0 Å². The number of hydrogen-bond acceptors (Lipinski definition) is 1. The molecule has 1 nitrogen and oxygen atoms in total. The number of rotatable bonds is 7. The van der Waals surface area contributed by atoms with Crippen LogP contribution in [0.4, 0.5) is 0 Å². The summed E-state index contributed by atoms with van der Waals surface area (Å²) in [5.41, 5.74) is 0. The van der Waals surface area contributed by atoms with Crippen LogP contribution in [0.5, 0.6) is 0 Å². The number of aliphatic hydroxyl groups is 1. The molecule has 0 saturated carbocycles. The molecule has 0 radical (unpaired) electrons. The molecule has 11 heavy (non-hydrogen) atoms. The first-order valence-electron chi connectivity index (χ1n) is 4.99. The van der Waals surface area contributed by atoms with Crippen molar-refractivity contribution in [3.05, 3.63) is 0 Å². The fraction of sp³-hybridized carbons (Fsp3) is 1.00. The fourth-order valence-electron chi connectivity index (χ4n) is 1.21. The summed E-state index contributed by atoms with van der Waals surface area (Å²) in [7, 11) is 0. The molecule has 0 saturated heterocycles. The van der Waals surface area contributed by atoms with Crippen molar-refractivity contribution in [1.82, 2.24) is 0 Å². The number of unbranched alkanes of at least 4 members (excludes halogenated alkanes) is 3. The molecule has 1 N–H and O–H groups in total. The zero-order chi connectivity index (χ0) is 8.53. The lowest BCUT2D eigenvalue weighted by molar-refractivity contribution is 0.148. The second kappa shape index (κ2) is 8.06. The van der Waals surface area contributed by atoms with E-state index in [0.717, 1.165) is 12.8 Å². The van der Waals surface area contributed by atoms with Gasteiger partial charge < -0.3 is 5.11 Å². The first-order valence-corrected chi connectivity index (χ1v) is 4.99. The van der Waals surface area contributed by atoms with Gasteiger partial charge >= 0.3 is 0 Å². The van der Waals surface area contributed by atoms with Crippen molar-refractivity contribution in [2.75, 3.05) is 0 Å². The van der Waals surface area contributed by atoms with Crippen LogP contribution in [0.15, 0.2) is 0 Å². The van der Waals surface area contributed by atoms with E-state index >= 15 is 0 Å². The zero-order valence-corrected chi connectivity index (χ0v) is 7.97. The van der Waals surface area contributed by atoms with Crippen LogP contribution < -0.4 is 0 Å². The van der Waals surface area contributed by atoms with Crippen molar-refractivity contribution in [2.24, 2.45) is 0 Å². The Kier molecular flexibility index (Phi) is 8.03. The molecule has 0 unspecified atom stereocenters. The van der Waals surface area contributed by atoms with Crippen molar-refractivity contribution >= 4 is 0 Å². The van der Waals surface area contributed by atoms with E-state index in [1.807, 2.05) is 0 Å². The van der Waals surface area contributed by atoms with Crippen LogP contribution >= 0.6 is 0 Å². The zero-order valence-electron chi connectivity index (χ0n) is 7.97. The normalized spacial score (nSPS) is 13.4. The first kappa shape index (κ1) is 11.0. The number of hydrogen-bond donors (Lipinski definition) is 1. The van der Waals surface area contributed by atoms with Crippen LogP contribution in [-0.4, -0.2) is 11.2 Å². The fourth-order valence-corrected chi connectivity index (χ4v) is 1.21. The van der Waals surface area contributed by atoms with E-state index in [0.29, 0.717) is 0 Å². The van der Waals surface area contributed by atoms with Crippen LogP contribution in [0.1, 0.15) is 58.8 Å². The predicted molar refractivity (Wildman–Crippen MR) is 49.7 cm³/mol. The van der Waals surface area contributed by atoms with E-state index in [1.54, 1.807) is 0 Å². The van der Waals surface area contributed by atoms with Gasteiger partial charge in [0.1, 0.15) is 0 Å². The topological polar surface area (TPSA) is 20.2 Å². The lowest BCUT2D eigenvalue weighted by Gasteiger charge is -2.08. The highest BCUT2D eigenvalue weighted by Gasteiger charge is 2.01. The van der Waals surface area contributed by atoms with Gasteiger partial charge in [-0.15, -0.1) is 0 Å². The molecule has 0 aliphatic heterocycles. The maximum Gasteiger partial charge on any atom is 0.0540 e. The molecule has 0 aromatic carbocycles. The summed E-state index contributed by atoms with van der Waals surface area (Å²) >= 11 is 0. The molecule has 0 spiro atoms. The van der Waals surface area contributed by atoms with Crippen molar-refractivity contribution < 1.29 is 5.11 Å². The monoisotopic (exact) mass is 158 g/mol. The molecule has 0 aromatic rings. The molecule has 0 bridgehead atoms. The summed E-state index contributed by atoms with van der Waals surface area (Å²) in [6.45, 7) is 4.36. The maximum absolute atomic E-state index is 9.41. The molecular formula is C10H22O. The minimum Gasteiger partial charge on any atom is -0.393 e. The Labute approximate surface area is 70.8 Å². The smallest absolute Gasteiger partial charge is 0.0540 e. The van der Waals surface area contributed by atoms with Gasteiger partial charge in [0.2, 0.25) is 0 Å². The second-order valence-corrected chi connectivity index (χ2v) is 3.29. The summed E-state index contributed by atoms with van der Waals surface area (Å²) in [5.74, 6) is 0. The summed E-state index contributed by atoms with van der Waals surface area (Å²) < 4.78 is 0. The van der Waals surface area contributed by atoms with Gasteiger partial charge in [0.05, 0.1) is 6.10 Å².